The monoisotopic (exact) mass is 345 g/mol. The quantitative estimate of drug-likeness (QED) is 0.756. The van der Waals surface area contributed by atoms with E-state index in [1.165, 1.54) is 31.3 Å². The Bertz CT molecular complexity index is 776. The minimum Gasteiger partial charge on any atom is -0.497 e. The fourth-order valence-electron chi connectivity index (χ4n) is 2.38. The summed E-state index contributed by atoms with van der Waals surface area (Å²) in [5.41, 5.74) is 1.72. The van der Waals surface area contributed by atoms with E-state index in [0.717, 1.165) is 17.2 Å². The Balaban J connectivity index is 2.32. The zero-order chi connectivity index (χ0) is 18.4. The zero-order valence-electron chi connectivity index (χ0n) is 14.4. The van der Waals surface area contributed by atoms with Crippen LogP contribution >= 0.6 is 0 Å². The van der Waals surface area contributed by atoms with Gasteiger partial charge in [0.2, 0.25) is 0 Å². The zero-order valence-corrected chi connectivity index (χ0v) is 14.4. The van der Waals surface area contributed by atoms with Gasteiger partial charge in [-0.15, -0.1) is 0 Å². The number of ether oxygens (including phenoxy) is 2. The summed E-state index contributed by atoms with van der Waals surface area (Å²) in [7, 11) is 2.66. The van der Waals surface area contributed by atoms with Gasteiger partial charge in [-0.2, -0.15) is 0 Å². The van der Waals surface area contributed by atoms with Crippen LogP contribution in [0.25, 0.3) is 0 Å². The highest BCUT2D eigenvalue weighted by molar-refractivity contribution is 5.96. The van der Waals surface area contributed by atoms with Gasteiger partial charge in [0.1, 0.15) is 18.1 Å². The fourth-order valence-corrected chi connectivity index (χ4v) is 2.38. The maximum absolute atomic E-state index is 14.2. The van der Waals surface area contributed by atoms with E-state index in [9.17, 15) is 14.0 Å². The Morgan fingerprint density at radius 1 is 1.12 bits per heavy atom. The molecule has 0 N–H and O–H groups in total. The Labute approximate surface area is 146 Å². The number of aryl methyl sites for hydroxylation is 1. The number of carbonyl (C=O) groups excluding carboxylic acids is 2. The number of benzene rings is 2. The third kappa shape index (κ3) is 4.56. The van der Waals surface area contributed by atoms with E-state index >= 15 is 0 Å². The molecule has 0 aromatic heterocycles. The van der Waals surface area contributed by atoms with Crippen molar-refractivity contribution in [3.63, 3.8) is 0 Å². The van der Waals surface area contributed by atoms with Crippen molar-refractivity contribution in [2.45, 2.75) is 13.5 Å². The number of amides is 1. The number of halogens is 1. The molecule has 0 radical (unpaired) electrons. The first kappa shape index (κ1) is 18.4. The molecule has 0 saturated carbocycles. The standard InChI is InChI=1S/C19H20FNO4/c1-13-6-4-5-7-14(13)11-21(12-18(22)25-3)19(23)16-9-8-15(24-2)10-17(16)20/h4-10H,11-12H2,1-3H3. The van der Waals surface area contributed by atoms with Crippen LogP contribution in [0.3, 0.4) is 0 Å². The highest BCUT2D eigenvalue weighted by atomic mass is 19.1. The predicted molar refractivity (Wildman–Crippen MR) is 90.9 cm³/mol. The number of hydrogen-bond donors (Lipinski definition) is 0. The summed E-state index contributed by atoms with van der Waals surface area (Å²) < 4.78 is 23.8. The molecule has 0 bridgehead atoms. The molecule has 1 amide bonds. The lowest BCUT2D eigenvalue weighted by molar-refractivity contribution is -0.141. The number of rotatable bonds is 6. The summed E-state index contributed by atoms with van der Waals surface area (Å²) in [6, 6.07) is 11.5. The molecule has 0 heterocycles. The first-order valence-corrected chi connectivity index (χ1v) is 7.70. The molecule has 0 aliphatic heterocycles. The summed E-state index contributed by atoms with van der Waals surface area (Å²) >= 11 is 0. The van der Waals surface area contributed by atoms with Crippen molar-refractivity contribution in [2.75, 3.05) is 20.8 Å². The van der Waals surface area contributed by atoms with Crippen LogP contribution in [0.4, 0.5) is 4.39 Å². The molecule has 0 unspecified atom stereocenters. The van der Waals surface area contributed by atoms with Crippen molar-refractivity contribution in [1.29, 1.82) is 0 Å². The van der Waals surface area contributed by atoms with Gasteiger partial charge in [0.15, 0.2) is 0 Å². The molecule has 0 spiro atoms. The molecule has 2 aromatic carbocycles. The van der Waals surface area contributed by atoms with Crippen LogP contribution in [0.15, 0.2) is 42.5 Å². The first-order valence-electron chi connectivity index (χ1n) is 7.70. The molecule has 0 atom stereocenters. The molecule has 2 rings (SSSR count). The second-order valence-electron chi connectivity index (χ2n) is 5.51. The molecule has 0 aliphatic carbocycles. The second kappa shape index (κ2) is 8.28. The average Bonchev–Trinajstić information content (AvgIpc) is 2.62. The molecule has 5 nitrogen and oxygen atoms in total. The van der Waals surface area contributed by atoms with Gasteiger partial charge in [0.05, 0.1) is 19.8 Å². The smallest absolute Gasteiger partial charge is 0.325 e. The lowest BCUT2D eigenvalue weighted by atomic mass is 10.1. The van der Waals surface area contributed by atoms with Gasteiger partial charge in [0, 0.05) is 12.6 Å². The summed E-state index contributed by atoms with van der Waals surface area (Å²) in [6.07, 6.45) is 0. The summed E-state index contributed by atoms with van der Waals surface area (Å²) in [6.45, 7) is 1.81. The summed E-state index contributed by atoms with van der Waals surface area (Å²) in [4.78, 5) is 25.7. The topological polar surface area (TPSA) is 55.8 Å². The highest BCUT2D eigenvalue weighted by Gasteiger charge is 2.23. The lowest BCUT2D eigenvalue weighted by Gasteiger charge is -2.23. The molecule has 2 aromatic rings. The molecule has 132 valence electrons. The first-order chi connectivity index (χ1) is 12.0. The Kier molecular flexibility index (Phi) is 6.11. The third-order valence-corrected chi connectivity index (χ3v) is 3.86. The van der Waals surface area contributed by atoms with Crippen LogP contribution in [-0.4, -0.2) is 37.5 Å². The van der Waals surface area contributed by atoms with E-state index in [0.29, 0.717) is 5.75 Å². The number of carbonyl (C=O) groups is 2. The van der Waals surface area contributed by atoms with Crippen molar-refractivity contribution in [3.8, 4) is 5.75 Å². The van der Waals surface area contributed by atoms with E-state index in [4.69, 9.17) is 4.74 Å². The third-order valence-electron chi connectivity index (χ3n) is 3.86. The number of methoxy groups -OCH3 is 2. The SMILES string of the molecule is COC(=O)CN(Cc1ccccc1C)C(=O)c1ccc(OC)cc1F. The van der Waals surface area contributed by atoms with Crippen molar-refractivity contribution in [2.24, 2.45) is 0 Å². The normalized spacial score (nSPS) is 10.2. The average molecular weight is 345 g/mol. The van der Waals surface area contributed by atoms with Crippen LogP contribution in [-0.2, 0) is 16.1 Å². The van der Waals surface area contributed by atoms with Gasteiger partial charge in [0.25, 0.3) is 5.91 Å². The molecule has 0 aliphatic rings. The molecule has 0 saturated heterocycles. The van der Waals surface area contributed by atoms with E-state index in [-0.39, 0.29) is 18.7 Å². The van der Waals surface area contributed by atoms with Gasteiger partial charge < -0.3 is 14.4 Å². The molecular formula is C19H20FNO4. The minimum absolute atomic E-state index is 0.127. The van der Waals surface area contributed by atoms with Gasteiger partial charge in [-0.05, 0) is 30.2 Å². The highest BCUT2D eigenvalue weighted by Crippen LogP contribution is 2.19. The largest absolute Gasteiger partial charge is 0.497 e. The predicted octanol–water partition coefficient (Wildman–Crippen LogP) is 2.96. The maximum atomic E-state index is 14.2. The molecule has 6 heteroatoms. The van der Waals surface area contributed by atoms with Crippen molar-refractivity contribution in [1.82, 2.24) is 4.90 Å². The van der Waals surface area contributed by atoms with E-state index < -0.39 is 17.7 Å². The van der Waals surface area contributed by atoms with Crippen LogP contribution in [0, 0.1) is 12.7 Å². The van der Waals surface area contributed by atoms with Gasteiger partial charge in [-0.25, -0.2) is 4.39 Å². The second-order valence-corrected chi connectivity index (χ2v) is 5.51. The van der Waals surface area contributed by atoms with Gasteiger partial charge >= 0.3 is 5.97 Å². The van der Waals surface area contributed by atoms with E-state index in [2.05, 4.69) is 4.74 Å². The van der Waals surface area contributed by atoms with Crippen LogP contribution in [0.1, 0.15) is 21.5 Å². The van der Waals surface area contributed by atoms with Crippen molar-refractivity contribution in [3.05, 3.63) is 65.0 Å². The van der Waals surface area contributed by atoms with E-state index in [1.807, 2.05) is 31.2 Å². The van der Waals surface area contributed by atoms with Crippen LogP contribution in [0.2, 0.25) is 0 Å². The Hall–Kier alpha value is -2.89. The molecule has 25 heavy (non-hydrogen) atoms. The summed E-state index contributed by atoms with van der Waals surface area (Å²) in [5.74, 6) is -1.55. The molecular weight excluding hydrogens is 325 g/mol. The van der Waals surface area contributed by atoms with E-state index in [1.54, 1.807) is 0 Å². The van der Waals surface area contributed by atoms with Gasteiger partial charge in [-0.1, -0.05) is 24.3 Å². The summed E-state index contributed by atoms with van der Waals surface area (Å²) in [5, 5.41) is 0. The fraction of sp³-hybridized carbons (Fsp3) is 0.263. The van der Waals surface area contributed by atoms with Crippen molar-refractivity contribution >= 4 is 11.9 Å². The van der Waals surface area contributed by atoms with Gasteiger partial charge in [-0.3, -0.25) is 9.59 Å². The van der Waals surface area contributed by atoms with Crippen LogP contribution in [0.5, 0.6) is 5.75 Å². The lowest BCUT2D eigenvalue weighted by Crippen LogP contribution is -2.36. The number of esters is 1. The van der Waals surface area contributed by atoms with Crippen LogP contribution < -0.4 is 4.74 Å². The maximum Gasteiger partial charge on any atom is 0.325 e. The number of hydrogen-bond acceptors (Lipinski definition) is 4. The molecule has 0 fully saturated rings. The number of nitrogens with zero attached hydrogens (tertiary/aromatic N) is 1. The van der Waals surface area contributed by atoms with Crippen molar-refractivity contribution < 1.29 is 23.5 Å². The Morgan fingerprint density at radius 2 is 1.84 bits per heavy atom. The minimum atomic E-state index is -0.705. The Morgan fingerprint density at radius 3 is 2.44 bits per heavy atom.